The summed E-state index contributed by atoms with van der Waals surface area (Å²) in [5.74, 6) is 0.442. The van der Waals surface area contributed by atoms with Crippen molar-refractivity contribution in [1.82, 2.24) is 4.72 Å². The van der Waals surface area contributed by atoms with Crippen molar-refractivity contribution < 1.29 is 8.42 Å². The van der Waals surface area contributed by atoms with Crippen LogP contribution in [0, 0.1) is 5.92 Å². The number of nitrogens with two attached hydrogens (primary N) is 1. The van der Waals surface area contributed by atoms with Crippen LogP contribution in [-0.2, 0) is 10.0 Å². The van der Waals surface area contributed by atoms with Crippen LogP contribution < -0.4 is 10.5 Å². The molecule has 1 aromatic rings. The van der Waals surface area contributed by atoms with Gasteiger partial charge in [-0.1, -0.05) is 13.8 Å². The van der Waals surface area contributed by atoms with Crippen molar-refractivity contribution >= 4 is 31.6 Å². The molecule has 1 aromatic carbocycles. The number of sulfonamides is 1. The van der Waals surface area contributed by atoms with Gasteiger partial charge in [-0.2, -0.15) is 0 Å². The van der Waals surface area contributed by atoms with E-state index in [-0.39, 0.29) is 10.9 Å². The van der Waals surface area contributed by atoms with Gasteiger partial charge in [0.1, 0.15) is 0 Å². The number of anilines is 1. The molecule has 1 unspecified atom stereocenters. The summed E-state index contributed by atoms with van der Waals surface area (Å²) in [5.41, 5.74) is 6.12. The zero-order chi connectivity index (χ0) is 13.9. The Hall–Kier alpha value is -0.590. The molecule has 102 valence electrons. The van der Waals surface area contributed by atoms with Crippen molar-refractivity contribution in [2.75, 3.05) is 5.73 Å². The molecule has 0 amide bonds. The monoisotopic (exact) mass is 334 g/mol. The van der Waals surface area contributed by atoms with Crippen molar-refractivity contribution in [3.05, 3.63) is 22.7 Å². The molecule has 0 aliphatic heterocycles. The van der Waals surface area contributed by atoms with Gasteiger partial charge in [0.15, 0.2) is 0 Å². The fourth-order valence-corrected chi connectivity index (χ4v) is 4.17. The van der Waals surface area contributed by atoms with E-state index in [1.165, 1.54) is 6.07 Å². The van der Waals surface area contributed by atoms with Crippen LogP contribution in [0.2, 0.25) is 0 Å². The second-order valence-electron chi connectivity index (χ2n) is 4.84. The summed E-state index contributed by atoms with van der Waals surface area (Å²) in [4.78, 5) is 0.215. The molecule has 0 aliphatic carbocycles. The van der Waals surface area contributed by atoms with Crippen LogP contribution in [0.25, 0.3) is 0 Å². The smallest absolute Gasteiger partial charge is 0.241 e. The zero-order valence-corrected chi connectivity index (χ0v) is 13.2. The molecule has 0 aromatic heterocycles. The summed E-state index contributed by atoms with van der Waals surface area (Å²) in [7, 11) is -3.50. The number of hydrogen-bond donors (Lipinski definition) is 2. The largest absolute Gasteiger partial charge is 0.399 e. The maximum Gasteiger partial charge on any atom is 0.241 e. The van der Waals surface area contributed by atoms with Crippen LogP contribution in [0.4, 0.5) is 5.69 Å². The number of halogens is 1. The number of nitrogen functional groups attached to an aromatic ring is 1. The maximum absolute atomic E-state index is 12.2. The van der Waals surface area contributed by atoms with Crippen molar-refractivity contribution in [2.24, 2.45) is 5.92 Å². The van der Waals surface area contributed by atoms with E-state index in [0.29, 0.717) is 16.1 Å². The van der Waals surface area contributed by atoms with E-state index in [0.717, 1.165) is 6.42 Å². The van der Waals surface area contributed by atoms with Crippen LogP contribution in [0.5, 0.6) is 0 Å². The highest BCUT2D eigenvalue weighted by Crippen LogP contribution is 2.24. The second kappa shape index (κ2) is 6.04. The van der Waals surface area contributed by atoms with Gasteiger partial charge in [-0.05, 0) is 53.4 Å². The lowest BCUT2D eigenvalue weighted by molar-refractivity contribution is 0.482. The number of hydrogen-bond acceptors (Lipinski definition) is 3. The summed E-state index contributed by atoms with van der Waals surface area (Å²) in [6.07, 6.45) is 0.797. The number of rotatable bonds is 5. The number of nitrogens with one attached hydrogen (secondary N) is 1. The molecule has 1 rings (SSSR count). The predicted octanol–water partition coefficient (Wildman–Crippen LogP) is 2.74. The molecule has 4 nitrogen and oxygen atoms in total. The summed E-state index contributed by atoms with van der Waals surface area (Å²) in [5, 5.41) is 0. The average molecular weight is 335 g/mol. The Morgan fingerprint density at radius 1 is 1.33 bits per heavy atom. The standard InChI is InChI=1S/C12H19BrN2O2S/c1-8(2)6-9(3)15-18(16,17)12-5-4-10(14)7-11(12)13/h4-5,7-9,15H,6,14H2,1-3H3. The molecule has 0 aliphatic rings. The van der Waals surface area contributed by atoms with Gasteiger partial charge >= 0.3 is 0 Å². The van der Waals surface area contributed by atoms with Gasteiger partial charge in [0.05, 0.1) is 4.90 Å². The van der Waals surface area contributed by atoms with Crippen LogP contribution in [0.15, 0.2) is 27.6 Å². The summed E-state index contributed by atoms with van der Waals surface area (Å²) in [6.45, 7) is 5.98. The molecule has 0 bridgehead atoms. The quantitative estimate of drug-likeness (QED) is 0.813. The minimum atomic E-state index is -3.50. The van der Waals surface area contributed by atoms with Gasteiger partial charge in [0, 0.05) is 16.2 Å². The molecular formula is C12H19BrN2O2S. The van der Waals surface area contributed by atoms with E-state index in [1.807, 2.05) is 6.92 Å². The fraction of sp³-hybridized carbons (Fsp3) is 0.500. The topological polar surface area (TPSA) is 72.2 Å². The SMILES string of the molecule is CC(C)CC(C)NS(=O)(=O)c1ccc(N)cc1Br. The maximum atomic E-state index is 12.2. The Morgan fingerprint density at radius 3 is 2.44 bits per heavy atom. The van der Waals surface area contributed by atoms with Crippen LogP contribution in [-0.4, -0.2) is 14.5 Å². The Labute approximate surface area is 117 Å². The third kappa shape index (κ3) is 4.26. The lowest BCUT2D eigenvalue weighted by Crippen LogP contribution is -2.33. The Kier molecular flexibility index (Phi) is 5.19. The van der Waals surface area contributed by atoms with E-state index in [2.05, 4.69) is 34.5 Å². The second-order valence-corrected chi connectivity index (χ2v) is 7.38. The minimum Gasteiger partial charge on any atom is -0.399 e. The molecule has 3 N–H and O–H groups in total. The first-order chi connectivity index (χ1) is 8.22. The highest BCUT2D eigenvalue weighted by molar-refractivity contribution is 9.10. The highest BCUT2D eigenvalue weighted by atomic mass is 79.9. The highest BCUT2D eigenvalue weighted by Gasteiger charge is 2.20. The van der Waals surface area contributed by atoms with E-state index in [9.17, 15) is 8.42 Å². The van der Waals surface area contributed by atoms with E-state index in [1.54, 1.807) is 12.1 Å². The third-order valence-corrected chi connectivity index (χ3v) is 4.99. The summed E-state index contributed by atoms with van der Waals surface area (Å²) in [6, 6.07) is 4.57. The molecule has 0 saturated carbocycles. The Balaban J connectivity index is 2.93. The Morgan fingerprint density at radius 2 is 1.94 bits per heavy atom. The molecule has 6 heteroatoms. The first-order valence-corrected chi connectivity index (χ1v) is 8.07. The van der Waals surface area contributed by atoms with E-state index in [4.69, 9.17) is 5.73 Å². The molecule has 0 radical (unpaired) electrons. The normalized spacial score (nSPS) is 13.8. The molecule has 18 heavy (non-hydrogen) atoms. The molecule has 1 atom stereocenters. The van der Waals surface area contributed by atoms with Gasteiger partial charge < -0.3 is 5.73 Å². The summed E-state index contributed by atoms with van der Waals surface area (Å²) < 4.78 is 27.5. The van der Waals surface area contributed by atoms with Crippen LogP contribution in [0.1, 0.15) is 27.2 Å². The predicted molar refractivity (Wildman–Crippen MR) is 77.8 cm³/mol. The average Bonchev–Trinajstić information content (AvgIpc) is 2.13. The fourth-order valence-electron chi connectivity index (χ4n) is 1.82. The molecule has 0 heterocycles. The first kappa shape index (κ1) is 15.5. The zero-order valence-electron chi connectivity index (χ0n) is 10.8. The number of benzene rings is 1. The lowest BCUT2D eigenvalue weighted by Gasteiger charge is -2.16. The molecule has 0 saturated heterocycles. The minimum absolute atomic E-state index is 0.0977. The molecule has 0 spiro atoms. The van der Waals surface area contributed by atoms with Gasteiger partial charge in [0.2, 0.25) is 10.0 Å². The van der Waals surface area contributed by atoms with Gasteiger partial charge in [-0.3, -0.25) is 0 Å². The van der Waals surface area contributed by atoms with Gasteiger partial charge in [0.25, 0.3) is 0 Å². The van der Waals surface area contributed by atoms with E-state index < -0.39 is 10.0 Å². The molecular weight excluding hydrogens is 316 g/mol. The third-order valence-electron chi connectivity index (χ3n) is 2.43. The first-order valence-electron chi connectivity index (χ1n) is 5.79. The van der Waals surface area contributed by atoms with Gasteiger partial charge in [-0.25, -0.2) is 13.1 Å². The van der Waals surface area contributed by atoms with Crippen molar-refractivity contribution in [1.29, 1.82) is 0 Å². The summed E-state index contributed by atoms with van der Waals surface area (Å²) >= 11 is 3.22. The molecule has 0 fully saturated rings. The van der Waals surface area contributed by atoms with Crippen molar-refractivity contribution in [2.45, 2.75) is 38.1 Å². The van der Waals surface area contributed by atoms with Crippen LogP contribution >= 0.6 is 15.9 Å². The van der Waals surface area contributed by atoms with Crippen LogP contribution in [0.3, 0.4) is 0 Å². The Bertz CT molecular complexity index is 515. The lowest BCUT2D eigenvalue weighted by atomic mass is 10.1. The van der Waals surface area contributed by atoms with Crippen molar-refractivity contribution in [3.63, 3.8) is 0 Å². The van der Waals surface area contributed by atoms with Gasteiger partial charge in [-0.15, -0.1) is 0 Å². The van der Waals surface area contributed by atoms with Crippen molar-refractivity contribution in [3.8, 4) is 0 Å². The van der Waals surface area contributed by atoms with E-state index >= 15 is 0 Å².